The molecular weight excluding hydrogens is 298 g/mol. The number of carbonyl (C=O) groups is 1. The number of aromatic nitrogens is 1. The van der Waals surface area contributed by atoms with Crippen LogP contribution in [0.3, 0.4) is 0 Å². The highest BCUT2D eigenvalue weighted by molar-refractivity contribution is 9.10. The number of halogens is 3. The van der Waals surface area contributed by atoms with Gasteiger partial charge in [0.25, 0.3) is 6.43 Å². The summed E-state index contributed by atoms with van der Waals surface area (Å²) in [6.45, 7) is 1.67. The molecule has 0 saturated heterocycles. The summed E-state index contributed by atoms with van der Waals surface area (Å²) in [4.78, 5) is 15.0. The fraction of sp³-hybridized carbons (Fsp3) is 0.300. The van der Waals surface area contributed by atoms with Crippen molar-refractivity contribution in [2.24, 2.45) is 0 Å². The molecule has 1 heterocycles. The van der Waals surface area contributed by atoms with Crippen molar-refractivity contribution in [3.05, 3.63) is 27.5 Å². The number of hydrogen-bond donors (Lipinski definition) is 0. The molecule has 90 valence electrons. The molecule has 7 heteroatoms. The number of rotatable bonds is 3. The number of esters is 1. The smallest absolute Gasteiger partial charge is 0.339 e. The van der Waals surface area contributed by atoms with Crippen molar-refractivity contribution in [2.75, 3.05) is 6.61 Å². The number of ether oxygens (including phenoxy) is 1. The predicted octanol–water partition coefficient (Wildman–Crippen LogP) is 2.83. The van der Waals surface area contributed by atoms with E-state index in [4.69, 9.17) is 5.26 Å². The van der Waals surface area contributed by atoms with Crippen LogP contribution < -0.4 is 0 Å². The summed E-state index contributed by atoms with van der Waals surface area (Å²) in [5, 5.41) is 8.81. The lowest BCUT2D eigenvalue weighted by molar-refractivity contribution is 0.0525. The minimum absolute atomic E-state index is 0.0508. The van der Waals surface area contributed by atoms with Crippen molar-refractivity contribution in [3.63, 3.8) is 0 Å². The van der Waals surface area contributed by atoms with Crippen LogP contribution in [0.5, 0.6) is 0 Å². The fourth-order valence-electron chi connectivity index (χ4n) is 1.18. The van der Waals surface area contributed by atoms with Gasteiger partial charge in [0.15, 0.2) is 0 Å². The minimum Gasteiger partial charge on any atom is -0.462 e. The van der Waals surface area contributed by atoms with Gasteiger partial charge in [-0.15, -0.1) is 0 Å². The second-order valence-electron chi connectivity index (χ2n) is 2.89. The average Bonchev–Trinajstić information content (AvgIpc) is 2.28. The largest absolute Gasteiger partial charge is 0.462 e. The van der Waals surface area contributed by atoms with Crippen molar-refractivity contribution < 1.29 is 18.3 Å². The van der Waals surface area contributed by atoms with Crippen LogP contribution in [0.25, 0.3) is 0 Å². The molecule has 0 aliphatic rings. The van der Waals surface area contributed by atoms with Gasteiger partial charge in [-0.3, -0.25) is 0 Å². The van der Waals surface area contributed by atoms with Crippen LogP contribution in [0.4, 0.5) is 8.78 Å². The lowest BCUT2D eigenvalue weighted by Gasteiger charge is -2.08. The van der Waals surface area contributed by atoms with Gasteiger partial charge >= 0.3 is 5.97 Å². The van der Waals surface area contributed by atoms with E-state index in [2.05, 4.69) is 25.7 Å². The number of alkyl halides is 2. The highest BCUT2D eigenvalue weighted by atomic mass is 79.9. The van der Waals surface area contributed by atoms with Gasteiger partial charge < -0.3 is 4.74 Å². The van der Waals surface area contributed by atoms with Gasteiger partial charge in [-0.2, -0.15) is 5.26 Å². The first kappa shape index (κ1) is 13.5. The quantitative estimate of drug-likeness (QED) is 0.636. The number of nitriles is 1. The second kappa shape index (κ2) is 5.68. The zero-order valence-corrected chi connectivity index (χ0v) is 10.3. The highest BCUT2D eigenvalue weighted by Gasteiger charge is 2.23. The Hall–Kier alpha value is -1.55. The Labute approximate surface area is 104 Å². The zero-order valence-electron chi connectivity index (χ0n) is 8.71. The molecule has 0 N–H and O–H groups in total. The number of nitrogens with zero attached hydrogens (tertiary/aromatic N) is 2. The van der Waals surface area contributed by atoms with Crippen LogP contribution in [0.1, 0.15) is 35.0 Å². The van der Waals surface area contributed by atoms with Gasteiger partial charge in [0.1, 0.15) is 16.4 Å². The Morgan fingerprint density at radius 2 is 2.35 bits per heavy atom. The molecule has 0 aliphatic carbocycles. The summed E-state index contributed by atoms with van der Waals surface area (Å²) in [5.74, 6) is -0.825. The monoisotopic (exact) mass is 304 g/mol. The zero-order chi connectivity index (χ0) is 13.0. The number of hydrogen-bond acceptors (Lipinski definition) is 4. The molecule has 0 aliphatic heterocycles. The van der Waals surface area contributed by atoms with Crippen molar-refractivity contribution in [3.8, 4) is 6.07 Å². The maximum Gasteiger partial charge on any atom is 0.339 e. The standard InChI is InChI=1S/C10H7BrF2N2O2/c1-2-17-10(16)5-3-7(11)15-8(9(12)13)6(5)4-14/h3,9H,2H2,1H3. The summed E-state index contributed by atoms with van der Waals surface area (Å²) in [7, 11) is 0. The molecule has 0 bridgehead atoms. The molecule has 1 rings (SSSR count). The van der Waals surface area contributed by atoms with Gasteiger partial charge in [-0.05, 0) is 28.9 Å². The summed E-state index contributed by atoms with van der Waals surface area (Å²) >= 11 is 2.90. The van der Waals surface area contributed by atoms with Crippen molar-refractivity contribution >= 4 is 21.9 Å². The van der Waals surface area contributed by atoms with E-state index in [9.17, 15) is 13.6 Å². The molecule has 0 fully saturated rings. The fourth-order valence-corrected chi connectivity index (χ4v) is 1.60. The molecule has 0 aromatic carbocycles. The van der Waals surface area contributed by atoms with Crippen LogP contribution in [-0.2, 0) is 4.74 Å². The Morgan fingerprint density at radius 3 is 2.82 bits per heavy atom. The first-order chi connectivity index (χ1) is 8.01. The number of carbonyl (C=O) groups excluding carboxylic acids is 1. The topological polar surface area (TPSA) is 63.0 Å². The molecule has 0 unspecified atom stereocenters. The minimum atomic E-state index is -2.93. The Kier molecular flexibility index (Phi) is 4.52. The van der Waals surface area contributed by atoms with E-state index >= 15 is 0 Å². The predicted molar refractivity (Wildman–Crippen MR) is 57.6 cm³/mol. The summed E-state index contributed by atoms with van der Waals surface area (Å²) in [6, 6.07) is 2.73. The van der Waals surface area contributed by atoms with Crippen LogP contribution >= 0.6 is 15.9 Å². The summed E-state index contributed by atoms with van der Waals surface area (Å²) in [6.07, 6.45) is -2.93. The van der Waals surface area contributed by atoms with Crippen molar-refractivity contribution in [1.29, 1.82) is 5.26 Å². The lowest BCUT2D eigenvalue weighted by Crippen LogP contribution is -2.10. The molecule has 0 saturated carbocycles. The first-order valence-electron chi connectivity index (χ1n) is 4.57. The molecule has 0 atom stereocenters. The Morgan fingerprint density at radius 1 is 1.71 bits per heavy atom. The van der Waals surface area contributed by atoms with E-state index < -0.39 is 23.7 Å². The first-order valence-corrected chi connectivity index (χ1v) is 5.36. The van der Waals surface area contributed by atoms with Gasteiger partial charge in [-0.1, -0.05) is 0 Å². The Bertz CT molecular complexity index is 486. The second-order valence-corrected chi connectivity index (χ2v) is 3.70. The molecule has 0 amide bonds. The van der Waals surface area contributed by atoms with E-state index in [1.165, 1.54) is 6.07 Å². The van der Waals surface area contributed by atoms with Crippen molar-refractivity contribution in [1.82, 2.24) is 4.98 Å². The third-order valence-corrected chi connectivity index (χ3v) is 2.24. The van der Waals surface area contributed by atoms with E-state index in [0.29, 0.717) is 0 Å². The molecule has 17 heavy (non-hydrogen) atoms. The van der Waals surface area contributed by atoms with Crippen LogP contribution in [0.2, 0.25) is 0 Å². The summed E-state index contributed by atoms with van der Waals surface area (Å²) in [5.41, 5.74) is -1.40. The van der Waals surface area contributed by atoms with E-state index in [1.807, 2.05) is 0 Å². The SMILES string of the molecule is CCOC(=O)c1cc(Br)nc(C(F)F)c1C#N. The van der Waals surface area contributed by atoms with Gasteiger partial charge in [-0.25, -0.2) is 18.6 Å². The molecule has 4 nitrogen and oxygen atoms in total. The van der Waals surface area contributed by atoms with Crippen LogP contribution in [0.15, 0.2) is 10.7 Å². The maximum absolute atomic E-state index is 12.6. The molecule has 0 radical (unpaired) electrons. The highest BCUT2D eigenvalue weighted by Crippen LogP contribution is 2.26. The Balaban J connectivity index is 3.39. The molecule has 1 aromatic heterocycles. The normalized spacial score (nSPS) is 10.1. The molecular formula is C10H7BrF2N2O2. The van der Waals surface area contributed by atoms with Crippen LogP contribution in [0, 0.1) is 11.3 Å². The molecule has 1 aromatic rings. The maximum atomic E-state index is 12.6. The lowest BCUT2D eigenvalue weighted by atomic mass is 10.1. The molecule has 0 spiro atoms. The average molecular weight is 305 g/mol. The van der Waals surface area contributed by atoms with E-state index in [0.717, 1.165) is 0 Å². The number of pyridine rings is 1. The third-order valence-electron chi connectivity index (χ3n) is 1.83. The van der Waals surface area contributed by atoms with Crippen LogP contribution in [-0.4, -0.2) is 17.6 Å². The summed E-state index contributed by atoms with van der Waals surface area (Å²) < 4.78 is 30.0. The van der Waals surface area contributed by atoms with Gasteiger partial charge in [0.2, 0.25) is 0 Å². The van der Waals surface area contributed by atoms with Gasteiger partial charge in [0, 0.05) is 0 Å². The van der Waals surface area contributed by atoms with E-state index in [1.54, 1.807) is 13.0 Å². The third kappa shape index (κ3) is 2.97. The van der Waals surface area contributed by atoms with E-state index in [-0.39, 0.29) is 16.8 Å². The van der Waals surface area contributed by atoms with Gasteiger partial charge in [0.05, 0.1) is 17.7 Å². The van der Waals surface area contributed by atoms with Crippen molar-refractivity contribution in [2.45, 2.75) is 13.3 Å².